The quantitative estimate of drug-likeness (QED) is 0.354. The van der Waals surface area contributed by atoms with E-state index in [1.54, 1.807) is 4.90 Å². The number of hydrogen-bond donors (Lipinski definition) is 3. The van der Waals surface area contributed by atoms with Crippen molar-refractivity contribution in [2.24, 2.45) is 5.41 Å². The number of carbonyl (C=O) groups is 2. The number of nitrogens with one attached hydrogen (secondary N) is 2. The van der Waals surface area contributed by atoms with E-state index < -0.39 is 23.1 Å². The average molecular weight is 546 g/mol. The van der Waals surface area contributed by atoms with Gasteiger partial charge in [0, 0.05) is 24.2 Å². The summed E-state index contributed by atoms with van der Waals surface area (Å²) in [5.74, 6) is -0.398. The Bertz CT molecular complexity index is 1380. The van der Waals surface area contributed by atoms with Gasteiger partial charge in [0.25, 0.3) is 5.91 Å². The van der Waals surface area contributed by atoms with E-state index in [4.69, 9.17) is 10.00 Å². The minimum absolute atomic E-state index is 0.0525. The van der Waals surface area contributed by atoms with Crippen molar-refractivity contribution in [1.82, 2.24) is 14.9 Å². The highest BCUT2D eigenvalue weighted by molar-refractivity contribution is 6.03. The molecular weight excluding hydrogens is 506 g/mol. The lowest BCUT2D eigenvalue weighted by molar-refractivity contribution is -0.0191. The van der Waals surface area contributed by atoms with Gasteiger partial charge in [0.05, 0.1) is 24.4 Å². The van der Waals surface area contributed by atoms with Crippen molar-refractivity contribution in [2.45, 2.75) is 77.4 Å². The Labute approximate surface area is 235 Å². The molecule has 2 heterocycles. The SMILES string of the molecule is CCC[C@@](O)(C[C@@]1(C)C=CCN1C(=O)OC)c1ccc(NC(=O)c2ncc(C#N)[nH]2)c(C2=CCC(C)(C)CC2)c1. The summed E-state index contributed by atoms with van der Waals surface area (Å²) in [5, 5.41) is 24.3. The van der Waals surface area contributed by atoms with Crippen LogP contribution in [-0.4, -0.2) is 51.2 Å². The molecule has 1 aromatic heterocycles. The van der Waals surface area contributed by atoms with Crippen LogP contribution in [0, 0.1) is 16.7 Å². The zero-order valence-electron chi connectivity index (χ0n) is 24.0. The molecule has 2 amide bonds. The molecule has 0 fully saturated rings. The second kappa shape index (κ2) is 11.3. The van der Waals surface area contributed by atoms with Crippen LogP contribution in [0.4, 0.5) is 10.5 Å². The second-order valence-corrected chi connectivity index (χ2v) is 11.9. The van der Waals surface area contributed by atoms with E-state index in [0.29, 0.717) is 25.1 Å². The highest BCUT2D eigenvalue weighted by atomic mass is 16.5. The molecule has 0 radical (unpaired) electrons. The number of imidazole rings is 1. The second-order valence-electron chi connectivity index (χ2n) is 11.9. The summed E-state index contributed by atoms with van der Waals surface area (Å²) in [7, 11) is 1.36. The molecule has 4 rings (SSSR count). The fraction of sp³-hybridized carbons (Fsp3) is 0.484. The standard InChI is InChI=1S/C31H39N5O4/c1-6-12-31(39,20-30(4)13-7-16-36(30)28(38)40-5)22-8-9-25(35-27(37)26-33-19-23(18-32)34-26)24(17-22)21-10-14-29(2,3)15-11-21/h7-10,13,17,19,39H,6,11-12,14-16,20H2,1-5H3,(H,33,34)(H,35,37)/t30-,31-/m1/s1. The highest BCUT2D eigenvalue weighted by Crippen LogP contribution is 2.44. The molecule has 2 aliphatic rings. The van der Waals surface area contributed by atoms with Crippen LogP contribution in [0.3, 0.4) is 0 Å². The number of ether oxygens (including phenoxy) is 1. The number of hydrogen-bond acceptors (Lipinski definition) is 6. The first kappa shape index (κ1) is 29.1. The van der Waals surface area contributed by atoms with Crippen molar-refractivity contribution in [3.8, 4) is 6.07 Å². The van der Waals surface area contributed by atoms with Crippen LogP contribution in [0.1, 0.15) is 93.7 Å². The van der Waals surface area contributed by atoms with Crippen LogP contribution in [-0.2, 0) is 10.3 Å². The molecule has 40 heavy (non-hydrogen) atoms. The smallest absolute Gasteiger partial charge is 0.410 e. The fourth-order valence-corrected chi connectivity index (χ4v) is 5.80. The third kappa shape index (κ3) is 5.97. The minimum Gasteiger partial charge on any atom is -0.453 e. The van der Waals surface area contributed by atoms with E-state index in [2.05, 4.69) is 35.2 Å². The number of aliphatic hydroxyl groups is 1. The number of nitriles is 1. The minimum atomic E-state index is -1.24. The van der Waals surface area contributed by atoms with Crippen molar-refractivity contribution in [3.63, 3.8) is 0 Å². The van der Waals surface area contributed by atoms with E-state index in [1.165, 1.54) is 13.3 Å². The summed E-state index contributed by atoms with van der Waals surface area (Å²) in [4.78, 5) is 33.9. The van der Waals surface area contributed by atoms with Gasteiger partial charge in [-0.2, -0.15) is 5.26 Å². The van der Waals surface area contributed by atoms with Crippen molar-refractivity contribution >= 4 is 23.3 Å². The summed E-state index contributed by atoms with van der Waals surface area (Å²) in [6.07, 6.45) is 11.3. The first-order chi connectivity index (χ1) is 18.9. The van der Waals surface area contributed by atoms with Crippen LogP contribution in [0.5, 0.6) is 0 Å². The number of H-pyrrole nitrogens is 1. The molecule has 2 aromatic rings. The summed E-state index contributed by atoms with van der Waals surface area (Å²) in [5.41, 5.74) is 1.72. The lowest BCUT2D eigenvalue weighted by Crippen LogP contribution is -2.49. The summed E-state index contributed by atoms with van der Waals surface area (Å²) in [6.45, 7) is 8.87. The number of nitrogens with zero attached hydrogens (tertiary/aromatic N) is 3. The van der Waals surface area contributed by atoms with E-state index in [1.807, 2.05) is 50.3 Å². The first-order valence-electron chi connectivity index (χ1n) is 13.8. The van der Waals surface area contributed by atoms with Crippen LogP contribution in [0.15, 0.2) is 42.6 Å². The molecule has 2 atom stereocenters. The molecule has 0 bridgehead atoms. The Morgan fingerprint density at radius 1 is 1.32 bits per heavy atom. The summed E-state index contributed by atoms with van der Waals surface area (Å²) in [6, 6.07) is 7.59. The van der Waals surface area contributed by atoms with Gasteiger partial charge in [-0.15, -0.1) is 0 Å². The number of amides is 2. The van der Waals surface area contributed by atoms with Gasteiger partial charge in [0.2, 0.25) is 0 Å². The zero-order chi connectivity index (χ0) is 29.1. The Balaban J connectivity index is 1.74. The maximum Gasteiger partial charge on any atom is 0.410 e. The first-order valence-corrected chi connectivity index (χ1v) is 13.8. The maximum absolute atomic E-state index is 13.0. The van der Waals surface area contributed by atoms with E-state index in [0.717, 1.165) is 42.4 Å². The Morgan fingerprint density at radius 2 is 2.10 bits per heavy atom. The fourth-order valence-electron chi connectivity index (χ4n) is 5.80. The van der Waals surface area contributed by atoms with Gasteiger partial charge < -0.3 is 20.1 Å². The molecule has 0 spiro atoms. The van der Waals surface area contributed by atoms with Crippen LogP contribution in [0.2, 0.25) is 0 Å². The molecule has 212 valence electrons. The lowest BCUT2D eigenvalue weighted by atomic mass is 9.75. The van der Waals surface area contributed by atoms with Crippen LogP contribution >= 0.6 is 0 Å². The van der Waals surface area contributed by atoms with Gasteiger partial charge in [-0.3, -0.25) is 9.69 Å². The molecule has 9 heteroatoms. The highest BCUT2D eigenvalue weighted by Gasteiger charge is 2.44. The number of anilines is 1. The zero-order valence-corrected chi connectivity index (χ0v) is 24.0. The normalized spacial score (nSPS) is 21.3. The van der Waals surface area contributed by atoms with Gasteiger partial charge in [0.15, 0.2) is 5.82 Å². The van der Waals surface area contributed by atoms with E-state index >= 15 is 0 Å². The molecule has 1 aliphatic heterocycles. The predicted octanol–water partition coefficient (Wildman–Crippen LogP) is 5.90. The molecule has 9 nitrogen and oxygen atoms in total. The molecule has 0 saturated heterocycles. The van der Waals surface area contributed by atoms with Crippen LogP contribution < -0.4 is 5.32 Å². The number of aromatic nitrogens is 2. The molecular formula is C31H39N5O4. The molecule has 1 aliphatic carbocycles. The number of aromatic amines is 1. The van der Waals surface area contributed by atoms with Crippen molar-refractivity contribution < 1.29 is 19.4 Å². The Kier molecular flexibility index (Phi) is 8.22. The number of methoxy groups -OCH3 is 1. The molecule has 0 saturated carbocycles. The number of rotatable bonds is 8. The average Bonchev–Trinajstić information content (AvgIpc) is 3.55. The van der Waals surface area contributed by atoms with Crippen molar-refractivity contribution in [2.75, 3.05) is 19.0 Å². The molecule has 3 N–H and O–H groups in total. The van der Waals surface area contributed by atoms with E-state index in [-0.39, 0.29) is 16.9 Å². The lowest BCUT2D eigenvalue weighted by Gasteiger charge is -2.41. The van der Waals surface area contributed by atoms with Gasteiger partial charge in [-0.05, 0) is 61.3 Å². The third-order valence-corrected chi connectivity index (χ3v) is 8.13. The Hall–Kier alpha value is -3.90. The number of benzene rings is 1. The molecule has 0 unspecified atom stereocenters. The Morgan fingerprint density at radius 3 is 2.73 bits per heavy atom. The monoisotopic (exact) mass is 545 g/mol. The van der Waals surface area contributed by atoms with Gasteiger partial charge in [-0.25, -0.2) is 9.78 Å². The number of allylic oxidation sites excluding steroid dienone is 2. The number of carbonyl (C=O) groups excluding carboxylic acids is 2. The van der Waals surface area contributed by atoms with Gasteiger partial charge >= 0.3 is 6.09 Å². The topological polar surface area (TPSA) is 131 Å². The van der Waals surface area contributed by atoms with Crippen molar-refractivity contribution in [3.05, 3.63) is 65.3 Å². The largest absolute Gasteiger partial charge is 0.453 e. The van der Waals surface area contributed by atoms with E-state index in [9.17, 15) is 14.7 Å². The van der Waals surface area contributed by atoms with Gasteiger partial charge in [-0.1, -0.05) is 51.5 Å². The van der Waals surface area contributed by atoms with Crippen LogP contribution in [0.25, 0.3) is 5.57 Å². The summed E-state index contributed by atoms with van der Waals surface area (Å²) >= 11 is 0. The van der Waals surface area contributed by atoms with Gasteiger partial charge in [0.1, 0.15) is 11.8 Å². The predicted molar refractivity (Wildman–Crippen MR) is 153 cm³/mol. The third-order valence-electron chi connectivity index (χ3n) is 8.13. The maximum atomic E-state index is 13.0. The summed E-state index contributed by atoms with van der Waals surface area (Å²) < 4.78 is 5.02. The molecule has 1 aromatic carbocycles. The van der Waals surface area contributed by atoms with Crippen molar-refractivity contribution in [1.29, 1.82) is 5.26 Å².